The minimum Gasteiger partial charge on any atom is -0.438 e. The molecule has 1 saturated heterocycles. The van der Waals surface area contributed by atoms with Gasteiger partial charge < -0.3 is 20.1 Å². The van der Waals surface area contributed by atoms with Crippen LogP contribution in [0.4, 0.5) is 0 Å². The van der Waals surface area contributed by atoms with Gasteiger partial charge in [-0.15, -0.1) is 0 Å². The Morgan fingerprint density at radius 1 is 1.00 bits per heavy atom. The second-order valence-corrected chi connectivity index (χ2v) is 12.4. The maximum atomic E-state index is 14.3. The number of nitrogens with two attached hydrogens (primary N) is 1. The van der Waals surface area contributed by atoms with Crippen LogP contribution in [-0.2, 0) is 11.3 Å². The first-order valence-electron chi connectivity index (χ1n) is 15.1. The van der Waals surface area contributed by atoms with Gasteiger partial charge in [0, 0.05) is 36.9 Å². The van der Waals surface area contributed by atoms with Crippen molar-refractivity contribution in [2.24, 2.45) is 5.73 Å². The van der Waals surface area contributed by atoms with Crippen LogP contribution in [0.25, 0.3) is 22.1 Å². The van der Waals surface area contributed by atoms with E-state index in [1.165, 1.54) is 0 Å². The third kappa shape index (κ3) is 5.79. The molecule has 0 spiro atoms. The molecule has 1 saturated carbocycles. The summed E-state index contributed by atoms with van der Waals surface area (Å²) in [7, 11) is 0. The molecule has 2 N–H and O–H groups in total. The van der Waals surface area contributed by atoms with Gasteiger partial charge in [-0.3, -0.25) is 18.9 Å². The van der Waals surface area contributed by atoms with Crippen molar-refractivity contribution in [2.45, 2.75) is 44.3 Å². The van der Waals surface area contributed by atoms with E-state index in [0.717, 1.165) is 31.2 Å². The lowest BCUT2D eigenvalue weighted by molar-refractivity contribution is 0.0303. The van der Waals surface area contributed by atoms with Crippen molar-refractivity contribution in [2.75, 3.05) is 26.3 Å². The number of halogens is 2. The Morgan fingerprint density at radius 3 is 2.49 bits per heavy atom. The molecular weight excluding hydrogens is 615 g/mol. The van der Waals surface area contributed by atoms with Crippen molar-refractivity contribution in [3.05, 3.63) is 92.5 Å². The molecule has 5 aromatic rings. The van der Waals surface area contributed by atoms with Crippen LogP contribution in [0.5, 0.6) is 11.6 Å². The number of aromatic nitrogens is 4. The van der Waals surface area contributed by atoms with Gasteiger partial charge >= 0.3 is 5.69 Å². The first kappa shape index (κ1) is 29.7. The van der Waals surface area contributed by atoms with E-state index in [9.17, 15) is 9.59 Å². The second kappa shape index (κ2) is 12.4. The van der Waals surface area contributed by atoms with Crippen LogP contribution in [0.2, 0.25) is 10.0 Å². The van der Waals surface area contributed by atoms with Crippen LogP contribution in [0.1, 0.15) is 47.6 Å². The van der Waals surface area contributed by atoms with Gasteiger partial charge in [0.15, 0.2) is 5.65 Å². The van der Waals surface area contributed by atoms with Crippen molar-refractivity contribution in [1.82, 2.24) is 24.0 Å². The lowest BCUT2D eigenvalue weighted by Gasteiger charge is -2.27. The standard InChI is InChI=1S/C33H32Cl2N6O4/c34-26-12-3-20(18-27(26)35)19-40-30-29(41(33(40)43)23-8-6-22(36)7-9-23)28-25(2-1-13-37-28)31(38-30)45-24-10-4-21(5-11-24)32(42)39-14-16-44-17-15-39/h1-5,10-13,18,22-23H,6-9,14-17,19,36H2. The van der Waals surface area contributed by atoms with Crippen molar-refractivity contribution < 1.29 is 14.3 Å². The van der Waals surface area contributed by atoms with E-state index in [1.54, 1.807) is 52.1 Å². The zero-order valence-corrected chi connectivity index (χ0v) is 26.0. The summed E-state index contributed by atoms with van der Waals surface area (Å²) in [6.45, 7) is 2.44. The van der Waals surface area contributed by atoms with Crippen LogP contribution in [0.3, 0.4) is 0 Å². The van der Waals surface area contributed by atoms with Gasteiger partial charge in [0.25, 0.3) is 5.91 Å². The molecule has 0 unspecified atom stereocenters. The number of carbonyl (C=O) groups is 1. The molecule has 4 heterocycles. The number of morpholine rings is 1. The Bertz CT molecular complexity index is 1940. The largest absolute Gasteiger partial charge is 0.438 e. The van der Waals surface area contributed by atoms with E-state index < -0.39 is 0 Å². The maximum Gasteiger partial charge on any atom is 0.330 e. The smallest absolute Gasteiger partial charge is 0.330 e. The third-order valence-electron chi connectivity index (χ3n) is 8.66. The van der Waals surface area contributed by atoms with Crippen molar-refractivity contribution in [3.8, 4) is 11.6 Å². The molecule has 3 aromatic heterocycles. The highest BCUT2D eigenvalue weighted by atomic mass is 35.5. The van der Waals surface area contributed by atoms with Gasteiger partial charge in [0.1, 0.15) is 16.8 Å². The molecule has 10 nitrogen and oxygen atoms in total. The van der Waals surface area contributed by atoms with E-state index in [-0.39, 0.29) is 30.2 Å². The summed E-state index contributed by atoms with van der Waals surface area (Å²) in [6.07, 6.45) is 4.95. The first-order valence-corrected chi connectivity index (χ1v) is 15.9. The maximum absolute atomic E-state index is 14.3. The van der Waals surface area contributed by atoms with E-state index in [2.05, 4.69) is 0 Å². The molecule has 2 aliphatic rings. The monoisotopic (exact) mass is 646 g/mol. The Kier molecular flexibility index (Phi) is 8.22. The average molecular weight is 648 g/mol. The zero-order valence-electron chi connectivity index (χ0n) is 24.5. The highest BCUT2D eigenvalue weighted by molar-refractivity contribution is 6.42. The average Bonchev–Trinajstić information content (AvgIpc) is 3.34. The Morgan fingerprint density at radius 2 is 1.76 bits per heavy atom. The van der Waals surface area contributed by atoms with Gasteiger partial charge in [-0.1, -0.05) is 29.3 Å². The number of fused-ring (bicyclic) bond motifs is 3. The fourth-order valence-corrected chi connectivity index (χ4v) is 6.59. The Labute approximate surface area is 269 Å². The van der Waals surface area contributed by atoms with Crippen molar-refractivity contribution >= 4 is 51.2 Å². The summed E-state index contributed by atoms with van der Waals surface area (Å²) in [6, 6.07) is 16.1. The topological polar surface area (TPSA) is 118 Å². The number of ether oxygens (including phenoxy) is 2. The highest BCUT2D eigenvalue weighted by Crippen LogP contribution is 2.36. The predicted octanol–water partition coefficient (Wildman–Crippen LogP) is 5.81. The molecule has 1 aliphatic carbocycles. The normalized spacial score (nSPS) is 18.9. The number of hydrogen-bond acceptors (Lipinski definition) is 7. The number of pyridine rings is 2. The lowest BCUT2D eigenvalue weighted by Crippen LogP contribution is -2.40. The van der Waals surface area contributed by atoms with Crippen LogP contribution < -0.4 is 16.2 Å². The van der Waals surface area contributed by atoms with E-state index in [4.69, 9.17) is 48.4 Å². The summed E-state index contributed by atoms with van der Waals surface area (Å²) in [5.41, 5.74) is 9.16. The molecule has 1 aliphatic heterocycles. The highest BCUT2D eigenvalue weighted by Gasteiger charge is 2.29. The predicted molar refractivity (Wildman–Crippen MR) is 174 cm³/mol. The third-order valence-corrected chi connectivity index (χ3v) is 9.40. The zero-order chi connectivity index (χ0) is 31.1. The molecule has 0 radical (unpaired) electrons. The van der Waals surface area contributed by atoms with Gasteiger partial charge in [-0.25, -0.2) is 4.79 Å². The number of carbonyl (C=O) groups excluding carboxylic acids is 1. The molecule has 2 aromatic carbocycles. The molecule has 0 atom stereocenters. The van der Waals surface area contributed by atoms with Crippen LogP contribution in [0.15, 0.2) is 65.6 Å². The van der Waals surface area contributed by atoms with Crippen LogP contribution in [-0.4, -0.2) is 62.3 Å². The molecule has 1 amide bonds. The van der Waals surface area contributed by atoms with Gasteiger partial charge in [-0.05, 0) is 79.8 Å². The molecule has 0 bridgehead atoms. The Hall–Kier alpha value is -3.96. The molecule has 232 valence electrons. The first-order chi connectivity index (χ1) is 21.9. The summed E-state index contributed by atoms with van der Waals surface area (Å²) in [5.74, 6) is 0.767. The van der Waals surface area contributed by atoms with Crippen molar-refractivity contribution in [1.29, 1.82) is 0 Å². The van der Waals surface area contributed by atoms with E-state index in [0.29, 0.717) is 75.6 Å². The summed E-state index contributed by atoms with van der Waals surface area (Å²) < 4.78 is 15.2. The van der Waals surface area contributed by atoms with Gasteiger partial charge in [-0.2, -0.15) is 4.98 Å². The number of imidazole rings is 1. The number of rotatable bonds is 6. The summed E-state index contributed by atoms with van der Waals surface area (Å²) in [4.78, 5) is 38.7. The summed E-state index contributed by atoms with van der Waals surface area (Å²) in [5, 5.41) is 1.52. The van der Waals surface area contributed by atoms with E-state index >= 15 is 0 Å². The number of benzene rings is 2. The SMILES string of the molecule is NC1CCC(n2c(=O)n(Cc3ccc(Cl)c(Cl)c3)c3nc(Oc4ccc(C(=O)N5CCOCC5)cc4)c4cccnc4c32)CC1. The fourth-order valence-electron chi connectivity index (χ4n) is 6.27. The quantitative estimate of drug-likeness (QED) is 0.247. The number of amides is 1. The second-order valence-electron chi connectivity index (χ2n) is 11.6. The molecule has 7 rings (SSSR count). The van der Waals surface area contributed by atoms with Crippen molar-refractivity contribution in [3.63, 3.8) is 0 Å². The minimum absolute atomic E-state index is 0.0369. The Balaban J connectivity index is 1.32. The number of hydrogen-bond donors (Lipinski definition) is 1. The van der Waals surface area contributed by atoms with Gasteiger partial charge in [0.05, 0.1) is 35.2 Å². The lowest BCUT2D eigenvalue weighted by atomic mass is 9.91. The molecule has 45 heavy (non-hydrogen) atoms. The fraction of sp³-hybridized carbons (Fsp3) is 0.333. The molecular formula is C33H32Cl2N6O4. The van der Waals surface area contributed by atoms with E-state index in [1.807, 2.05) is 22.8 Å². The van der Waals surface area contributed by atoms with Crippen LogP contribution in [0, 0.1) is 0 Å². The number of nitrogens with zero attached hydrogens (tertiary/aromatic N) is 5. The minimum atomic E-state index is -0.181. The van der Waals surface area contributed by atoms with Gasteiger partial charge in [0.2, 0.25) is 5.88 Å². The molecule has 2 fully saturated rings. The summed E-state index contributed by atoms with van der Waals surface area (Å²) >= 11 is 12.5. The molecule has 12 heteroatoms. The van der Waals surface area contributed by atoms with Crippen LogP contribution >= 0.6 is 23.2 Å².